The van der Waals surface area contributed by atoms with E-state index in [1.54, 1.807) is 18.5 Å². The lowest BCUT2D eigenvalue weighted by Crippen LogP contribution is -2.29. The first kappa shape index (κ1) is 16.4. The largest absolute Gasteiger partial charge is 0.347 e. The van der Waals surface area contributed by atoms with E-state index in [9.17, 15) is 4.79 Å². The van der Waals surface area contributed by atoms with Crippen molar-refractivity contribution < 1.29 is 4.79 Å². The first-order valence-electron chi connectivity index (χ1n) is 8.50. The Bertz CT molecular complexity index is 681. The number of carbonyl (C=O) groups excluding carboxylic acids is 1. The first-order valence-corrected chi connectivity index (χ1v) is 8.50. The van der Waals surface area contributed by atoms with Crippen LogP contribution in [-0.4, -0.2) is 33.9 Å². The Morgan fingerprint density at radius 3 is 2.71 bits per heavy atom. The van der Waals surface area contributed by atoms with Crippen molar-refractivity contribution in [2.45, 2.75) is 39.2 Å². The summed E-state index contributed by atoms with van der Waals surface area (Å²) in [4.78, 5) is 27.7. The van der Waals surface area contributed by atoms with Crippen molar-refractivity contribution >= 4 is 11.9 Å². The van der Waals surface area contributed by atoms with E-state index in [4.69, 9.17) is 0 Å². The van der Waals surface area contributed by atoms with Gasteiger partial charge in [0.2, 0.25) is 5.95 Å². The number of hydrogen-bond donors (Lipinski definition) is 1. The fourth-order valence-corrected chi connectivity index (χ4v) is 2.86. The molecule has 24 heavy (non-hydrogen) atoms. The third kappa shape index (κ3) is 4.28. The molecular weight excluding hydrogens is 302 g/mol. The van der Waals surface area contributed by atoms with E-state index in [1.807, 2.05) is 19.1 Å². The highest BCUT2D eigenvalue weighted by molar-refractivity contribution is 5.92. The molecule has 0 atom stereocenters. The molecule has 0 spiro atoms. The molecule has 6 heteroatoms. The lowest BCUT2D eigenvalue weighted by Gasteiger charge is -2.21. The van der Waals surface area contributed by atoms with Gasteiger partial charge in [-0.25, -0.2) is 9.97 Å². The van der Waals surface area contributed by atoms with Gasteiger partial charge in [0.1, 0.15) is 5.69 Å². The SMILES string of the molecule is Cc1cc(C(=O)NCc2cccnc2)nc(N2CCCCCC2)n1. The third-order valence-electron chi connectivity index (χ3n) is 4.14. The summed E-state index contributed by atoms with van der Waals surface area (Å²) in [5, 5.41) is 2.90. The molecule has 0 aromatic carbocycles. The number of rotatable bonds is 4. The van der Waals surface area contributed by atoms with Crippen molar-refractivity contribution in [3.05, 3.63) is 47.5 Å². The second-order valence-electron chi connectivity index (χ2n) is 6.14. The Morgan fingerprint density at radius 2 is 2.00 bits per heavy atom. The summed E-state index contributed by atoms with van der Waals surface area (Å²) in [6.07, 6.45) is 8.27. The summed E-state index contributed by atoms with van der Waals surface area (Å²) in [6.45, 7) is 4.26. The Balaban J connectivity index is 1.71. The summed E-state index contributed by atoms with van der Waals surface area (Å²) in [7, 11) is 0. The molecule has 1 aliphatic rings. The highest BCUT2D eigenvalue weighted by Crippen LogP contribution is 2.16. The van der Waals surface area contributed by atoms with Crippen LogP contribution in [0, 0.1) is 6.92 Å². The van der Waals surface area contributed by atoms with Crippen LogP contribution in [0.15, 0.2) is 30.6 Å². The molecule has 1 saturated heterocycles. The van der Waals surface area contributed by atoms with Crippen LogP contribution in [0.5, 0.6) is 0 Å². The fraction of sp³-hybridized carbons (Fsp3) is 0.444. The molecule has 1 fully saturated rings. The smallest absolute Gasteiger partial charge is 0.270 e. The Labute approximate surface area is 142 Å². The van der Waals surface area contributed by atoms with Crippen LogP contribution in [0.1, 0.15) is 47.4 Å². The zero-order valence-corrected chi connectivity index (χ0v) is 14.0. The van der Waals surface area contributed by atoms with Gasteiger partial charge in [-0.15, -0.1) is 0 Å². The average molecular weight is 325 g/mol. The summed E-state index contributed by atoms with van der Waals surface area (Å²) in [6, 6.07) is 5.52. The van der Waals surface area contributed by atoms with Gasteiger partial charge in [-0.2, -0.15) is 0 Å². The Hall–Kier alpha value is -2.50. The molecule has 1 N–H and O–H groups in total. The van der Waals surface area contributed by atoms with Gasteiger partial charge < -0.3 is 10.2 Å². The van der Waals surface area contributed by atoms with Crippen LogP contribution in [0.3, 0.4) is 0 Å². The summed E-state index contributed by atoms with van der Waals surface area (Å²) >= 11 is 0. The molecule has 0 aliphatic carbocycles. The molecular formula is C18H23N5O. The zero-order chi connectivity index (χ0) is 16.8. The van der Waals surface area contributed by atoms with E-state index in [0.29, 0.717) is 18.2 Å². The van der Waals surface area contributed by atoms with E-state index in [2.05, 4.69) is 25.2 Å². The normalized spacial score (nSPS) is 15.0. The minimum Gasteiger partial charge on any atom is -0.347 e. The van der Waals surface area contributed by atoms with Crippen molar-refractivity contribution in [2.75, 3.05) is 18.0 Å². The van der Waals surface area contributed by atoms with Crippen molar-refractivity contribution in [2.24, 2.45) is 0 Å². The van der Waals surface area contributed by atoms with Crippen molar-refractivity contribution in [3.63, 3.8) is 0 Å². The van der Waals surface area contributed by atoms with Gasteiger partial charge in [0.25, 0.3) is 5.91 Å². The number of hydrogen-bond acceptors (Lipinski definition) is 5. The molecule has 3 heterocycles. The predicted octanol–water partition coefficient (Wildman–Crippen LogP) is 2.49. The molecule has 6 nitrogen and oxygen atoms in total. The van der Waals surface area contributed by atoms with Crippen LogP contribution >= 0.6 is 0 Å². The van der Waals surface area contributed by atoms with Crippen molar-refractivity contribution in [1.82, 2.24) is 20.3 Å². The van der Waals surface area contributed by atoms with E-state index in [-0.39, 0.29) is 5.91 Å². The van der Waals surface area contributed by atoms with Gasteiger partial charge >= 0.3 is 0 Å². The molecule has 2 aromatic rings. The van der Waals surface area contributed by atoms with Gasteiger partial charge in [-0.05, 0) is 37.5 Å². The predicted molar refractivity (Wildman–Crippen MR) is 92.9 cm³/mol. The molecule has 1 aliphatic heterocycles. The molecule has 126 valence electrons. The molecule has 0 bridgehead atoms. The number of amides is 1. The number of nitrogens with one attached hydrogen (secondary N) is 1. The minimum absolute atomic E-state index is 0.180. The molecule has 2 aromatic heterocycles. The molecule has 0 radical (unpaired) electrons. The van der Waals surface area contributed by atoms with E-state index in [1.165, 1.54) is 12.8 Å². The van der Waals surface area contributed by atoms with Gasteiger partial charge in [0, 0.05) is 37.7 Å². The van der Waals surface area contributed by atoms with Crippen molar-refractivity contribution in [3.8, 4) is 0 Å². The zero-order valence-electron chi connectivity index (χ0n) is 14.0. The number of carbonyl (C=O) groups is 1. The quantitative estimate of drug-likeness (QED) is 0.935. The molecule has 1 amide bonds. The maximum absolute atomic E-state index is 12.4. The second-order valence-corrected chi connectivity index (χ2v) is 6.14. The third-order valence-corrected chi connectivity index (χ3v) is 4.14. The summed E-state index contributed by atoms with van der Waals surface area (Å²) in [5.74, 6) is 0.490. The highest BCUT2D eigenvalue weighted by atomic mass is 16.1. The average Bonchev–Trinajstić information content (AvgIpc) is 2.89. The maximum atomic E-state index is 12.4. The molecule has 0 unspecified atom stereocenters. The van der Waals surface area contributed by atoms with Gasteiger partial charge in [0.15, 0.2) is 0 Å². The summed E-state index contributed by atoms with van der Waals surface area (Å²) < 4.78 is 0. The highest BCUT2D eigenvalue weighted by Gasteiger charge is 2.16. The van der Waals surface area contributed by atoms with E-state index in [0.717, 1.165) is 37.2 Å². The maximum Gasteiger partial charge on any atom is 0.270 e. The van der Waals surface area contributed by atoms with Crippen LogP contribution in [-0.2, 0) is 6.54 Å². The Kier molecular flexibility index (Phi) is 5.36. The van der Waals surface area contributed by atoms with Gasteiger partial charge in [-0.1, -0.05) is 18.9 Å². The number of pyridine rings is 1. The second kappa shape index (κ2) is 7.86. The number of aryl methyl sites for hydroxylation is 1. The van der Waals surface area contributed by atoms with Crippen molar-refractivity contribution in [1.29, 1.82) is 0 Å². The number of aromatic nitrogens is 3. The van der Waals surface area contributed by atoms with Gasteiger partial charge in [0.05, 0.1) is 0 Å². The van der Waals surface area contributed by atoms with Crippen LogP contribution < -0.4 is 10.2 Å². The van der Waals surface area contributed by atoms with Crippen LogP contribution in [0.2, 0.25) is 0 Å². The topological polar surface area (TPSA) is 71.0 Å². The summed E-state index contributed by atoms with van der Waals surface area (Å²) in [5.41, 5.74) is 2.20. The lowest BCUT2D eigenvalue weighted by molar-refractivity contribution is 0.0945. The minimum atomic E-state index is -0.180. The number of nitrogens with zero attached hydrogens (tertiary/aromatic N) is 4. The van der Waals surface area contributed by atoms with Crippen LogP contribution in [0.4, 0.5) is 5.95 Å². The van der Waals surface area contributed by atoms with E-state index < -0.39 is 0 Å². The monoisotopic (exact) mass is 325 g/mol. The molecule has 3 rings (SSSR count). The fourth-order valence-electron chi connectivity index (χ4n) is 2.86. The van der Waals surface area contributed by atoms with Crippen LogP contribution in [0.25, 0.3) is 0 Å². The molecule has 0 saturated carbocycles. The van der Waals surface area contributed by atoms with Gasteiger partial charge in [-0.3, -0.25) is 9.78 Å². The first-order chi connectivity index (χ1) is 11.7. The number of anilines is 1. The standard InChI is InChI=1S/C18H23N5O/c1-14-11-16(17(24)20-13-15-7-6-8-19-12-15)22-18(21-14)23-9-4-2-3-5-10-23/h6-8,11-12H,2-5,9-10,13H2,1H3,(H,20,24). The lowest BCUT2D eigenvalue weighted by atomic mass is 10.2. The van der Waals surface area contributed by atoms with E-state index >= 15 is 0 Å². The Morgan fingerprint density at radius 1 is 1.21 bits per heavy atom.